The number of aromatic nitrogens is 2. The molecule has 0 unspecified atom stereocenters. The second-order valence-electron chi connectivity index (χ2n) is 7.80. The Bertz CT molecular complexity index is 880. The molecule has 27 heavy (non-hydrogen) atoms. The first-order chi connectivity index (χ1) is 12.7. The second-order valence-corrected chi connectivity index (χ2v) is 7.80. The summed E-state index contributed by atoms with van der Waals surface area (Å²) in [4.78, 5) is 24.1. The van der Waals surface area contributed by atoms with Gasteiger partial charge in [-0.2, -0.15) is 5.10 Å². The number of amides is 2. The number of carbonyl (C=O) groups excluding carboxylic acids is 2. The Kier molecular flexibility index (Phi) is 4.95. The number of methoxy groups -OCH3 is 1. The summed E-state index contributed by atoms with van der Waals surface area (Å²) in [6.45, 7) is 8.07. The third-order valence-electron chi connectivity index (χ3n) is 4.75. The lowest BCUT2D eigenvalue weighted by Crippen LogP contribution is -2.24. The van der Waals surface area contributed by atoms with Gasteiger partial charge >= 0.3 is 0 Å². The summed E-state index contributed by atoms with van der Waals surface area (Å²) in [5.74, 6) is 0.224. The molecule has 0 saturated heterocycles. The van der Waals surface area contributed by atoms with E-state index in [1.165, 1.54) is 0 Å². The number of nitrogens with zero attached hydrogens (tertiary/aromatic N) is 1. The second kappa shape index (κ2) is 7.06. The molecule has 0 fully saturated rings. The number of carbonyl (C=O) groups is 2. The number of fused-ring (bicyclic) bond motifs is 1. The predicted octanol–water partition coefficient (Wildman–Crippen LogP) is 3.54. The standard InChI is InChI=1S/C20H26N4O3/c1-6-18(25)22-15-9-13-11(7-16(15)27-5)12(8-19(26)21-13)14-10-17(24-23-14)20(2,3)4/h7,9-10,12H,6,8H2,1-5H3,(H,21,26)(H,22,25)(H,23,24)/t12-/m0/s1. The SMILES string of the molecule is CCC(=O)Nc1cc2c(cc1OC)[C@@H](c1cc(C(C)(C)C)n[nH]1)CC(=O)N2. The van der Waals surface area contributed by atoms with Crippen LogP contribution in [0, 0.1) is 0 Å². The Morgan fingerprint density at radius 1 is 1.33 bits per heavy atom. The van der Waals surface area contributed by atoms with Crippen molar-refractivity contribution in [3.05, 3.63) is 35.2 Å². The molecule has 0 bridgehead atoms. The van der Waals surface area contributed by atoms with E-state index in [1.807, 2.05) is 12.1 Å². The Morgan fingerprint density at radius 2 is 2.07 bits per heavy atom. The Balaban J connectivity index is 2.04. The molecule has 3 rings (SSSR count). The minimum absolute atomic E-state index is 0.0719. The summed E-state index contributed by atoms with van der Waals surface area (Å²) in [5, 5.41) is 13.2. The van der Waals surface area contributed by atoms with Crippen molar-refractivity contribution in [2.45, 2.75) is 51.9 Å². The van der Waals surface area contributed by atoms with Gasteiger partial charge in [0, 0.05) is 35.6 Å². The average molecular weight is 370 g/mol. The van der Waals surface area contributed by atoms with E-state index in [-0.39, 0.29) is 23.1 Å². The van der Waals surface area contributed by atoms with E-state index in [9.17, 15) is 9.59 Å². The van der Waals surface area contributed by atoms with Crippen molar-refractivity contribution in [3.8, 4) is 5.75 Å². The van der Waals surface area contributed by atoms with Crippen LogP contribution in [-0.4, -0.2) is 29.1 Å². The number of benzene rings is 1. The van der Waals surface area contributed by atoms with Gasteiger partial charge in [-0.25, -0.2) is 0 Å². The van der Waals surface area contributed by atoms with Gasteiger partial charge in [0.2, 0.25) is 11.8 Å². The lowest BCUT2D eigenvalue weighted by molar-refractivity contribution is -0.117. The summed E-state index contributed by atoms with van der Waals surface area (Å²) in [7, 11) is 1.56. The van der Waals surface area contributed by atoms with Crippen molar-refractivity contribution < 1.29 is 14.3 Å². The highest BCUT2D eigenvalue weighted by Gasteiger charge is 2.30. The van der Waals surface area contributed by atoms with E-state index in [1.54, 1.807) is 20.1 Å². The lowest BCUT2D eigenvalue weighted by Gasteiger charge is -2.26. The van der Waals surface area contributed by atoms with Gasteiger partial charge in [0.15, 0.2) is 0 Å². The molecule has 2 aromatic rings. The molecule has 1 atom stereocenters. The van der Waals surface area contributed by atoms with Crippen molar-refractivity contribution in [2.24, 2.45) is 0 Å². The quantitative estimate of drug-likeness (QED) is 0.767. The first kappa shape index (κ1) is 18.9. The molecular weight excluding hydrogens is 344 g/mol. The molecule has 144 valence electrons. The van der Waals surface area contributed by atoms with Crippen LogP contribution in [0.15, 0.2) is 18.2 Å². The summed E-state index contributed by atoms with van der Waals surface area (Å²) in [5.41, 5.74) is 3.91. The van der Waals surface area contributed by atoms with E-state index in [4.69, 9.17) is 4.74 Å². The number of anilines is 2. The van der Waals surface area contributed by atoms with Crippen molar-refractivity contribution in [1.29, 1.82) is 0 Å². The summed E-state index contributed by atoms with van der Waals surface area (Å²) >= 11 is 0. The van der Waals surface area contributed by atoms with E-state index < -0.39 is 0 Å². The molecule has 1 aromatic carbocycles. The zero-order chi connectivity index (χ0) is 19.8. The molecule has 0 saturated carbocycles. The molecule has 1 aromatic heterocycles. The summed E-state index contributed by atoms with van der Waals surface area (Å²) in [6, 6.07) is 5.65. The molecule has 0 aliphatic carbocycles. The van der Waals surface area contributed by atoms with Crippen molar-refractivity contribution in [3.63, 3.8) is 0 Å². The molecule has 7 nitrogen and oxygen atoms in total. The number of H-pyrrole nitrogens is 1. The van der Waals surface area contributed by atoms with Crippen LogP contribution in [0.1, 0.15) is 63.4 Å². The van der Waals surface area contributed by atoms with Crippen LogP contribution in [0.4, 0.5) is 11.4 Å². The first-order valence-electron chi connectivity index (χ1n) is 9.10. The largest absolute Gasteiger partial charge is 0.495 e. The third kappa shape index (κ3) is 3.82. The number of nitrogens with one attached hydrogen (secondary N) is 3. The minimum Gasteiger partial charge on any atom is -0.495 e. The van der Waals surface area contributed by atoms with Gasteiger partial charge in [0.1, 0.15) is 5.75 Å². The highest BCUT2D eigenvalue weighted by molar-refractivity contribution is 5.98. The normalized spacial score (nSPS) is 16.5. The molecule has 2 heterocycles. The lowest BCUT2D eigenvalue weighted by atomic mass is 9.85. The minimum atomic E-state index is -0.151. The van der Waals surface area contributed by atoms with Gasteiger partial charge < -0.3 is 15.4 Å². The number of hydrogen-bond donors (Lipinski definition) is 3. The third-order valence-corrected chi connectivity index (χ3v) is 4.75. The molecule has 0 radical (unpaired) electrons. The molecule has 3 N–H and O–H groups in total. The molecule has 1 aliphatic heterocycles. The van der Waals surface area contributed by atoms with Gasteiger partial charge in [-0.05, 0) is 23.8 Å². The average Bonchev–Trinajstić information content (AvgIpc) is 3.10. The van der Waals surface area contributed by atoms with Crippen LogP contribution in [0.3, 0.4) is 0 Å². The monoisotopic (exact) mass is 370 g/mol. The van der Waals surface area contributed by atoms with E-state index in [2.05, 4.69) is 41.6 Å². The van der Waals surface area contributed by atoms with Crippen molar-refractivity contribution in [1.82, 2.24) is 10.2 Å². The van der Waals surface area contributed by atoms with E-state index >= 15 is 0 Å². The number of ether oxygens (including phenoxy) is 1. The molecule has 7 heteroatoms. The van der Waals surface area contributed by atoms with Crippen molar-refractivity contribution in [2.75, 3.05) is 17.7 Å². The van der Waals surface area contributed by atoms with Crippen LogP contribution in [0.25, 0.3) is 0 Å². The maximum atomic E-state index is 12.3. The van der Waals surface area contributed by atoms with Gasteiger partial charge in [-0.1, -0.05) is 27.7 Å². The van der Waals surface area contributed by atoms with Gasteiger partial charge in [0.05, 0.1) is 18.5 Å². The maximum Gasteiger partial charge on any atom is 0.225 e. The molecule has 2 amide bonds. The van der Waals surface area contributed by atoms with Crippen LogP contribution in [0.2, 0.25) is 0 Å². The Labute approximate surface area is 158 Å². The topological polar surface area (TPSA) is 96.1 Å². The van der Waals surface area contributed by atoms with E-state index in [0.29, 0.717) is 30.0 Å². The van der Waals surface area contributed by atoms with Gasteiger partial charge in [-0.15, -0.1) is 0 Å². The number of aromatic amines is 1. The highest BCUT2D eigenvalue weighted by Crippen LogP contribution is 2.42. The van der Waals surface area contributed by atoms with Crippen molar-refractivity contribution >= 4 is 23.2 Å². The fraction of sp³-hybridized carbons (Fsp3) is 0.450. The fourth-order valence-corrected chi connectivity index (χ4v) is 3.17. The Hall–Kier alpha value is -2.83. The number of hydrogen-bond acceptors (Lipinski definition) is 4. The van der Waals surface area contributed by atoms with Crippen LogP contribution in [0.5, 0.6) is 5.75 Å². The zero-order valence-corrected chi connectivity index (χ0v) is 16.4. The zero-order valence-electron chi connectivity index (χ0n) is 16.4. The Morgan fingerprint density at radius 3 is 2.67 bits per heavy atom. The number of rotatable bonds is 4. The fourth-order valence-electron chi connectivity index (χ4n) is 3.17. The van der Waals surface area contributed by atoms with E-state index in [0.717, 1.165) is 17.0 Å². The smallest absolute Gasteiger partial charge is 0.225 e. The van der Waals surface area contributed by atoms with Crippen LogP contribution in [-0.2, 0) is 15.0 Å². The summed E-state index contributed by atoms with van der Waals surface area (Å²) in [6.07, 6.45) is 0.682. The summed E-state index contributed by atoms with van der Waals surface area (Å²) < 4.78 is 5.47. The van der Waals surface area contributed by atoms with Gasteiger partial charge in [-0.3, -0.25) is 14.7 Å². The van der Waals surface area contributed by atoms with Crippen LogP contribution < -0.4 is 15.4 Å². The predicted molar refractivity (Wildman–Crippen MR) is 104 cm³/mol. The molecule has 0 spiro atoms. The first-order valence-corrected chi connectivity index (χ1v) is 9.10. The highest BCUT2D eigenvalue weighted by atomic mass is 16.5. The molecular formula is C20H26N4O3. The van der Waals surface area contributed by atoms with Crippen LogP contribution >= 0.6 is 0 Å². The molecule has 1 aliphatic rings. The van der Waals surface area contributed by atoms with Gasteiger partial charge in [0.25, 0.3) is 0 Å². The maximum absolute atomic E-state index is 12.3.